The zero-order valence-corrected chi connectivity index (χ0v) is 11.4. The first-order chi connectivity index (χ1) is 10.1. The van der Waals surface area contributed by atoms with Crippen molar-refractivity contribution in [2.75, 3.05) is 24.6 Å². The molecular weight excluding hydrogens is 276 g/mol. The number of para-hydroxylation sites is 1. The molecule has 0 aliphatic carbocycles. The number of nitrogens with zero attached hydrogens (tertiary/aromatic N) is 1. The van der Waals surface area contributed by atoms with Crippen molar-refractivity contribution in [3.05, 3.63) is 65.7 Å². The number of hydrogen-bond acceptors (Lipinski definition) is 3. The second-order valence-corrected chi connectivity index (χ2v) is 4.69. The van der Waals surface area contributed by atoms with Gasteiger partial charge < -0.3 is 15.1 Å². The van der Waals surface area contributed by atoms with Crippen LogP contribution >= 0.6 is 0 Å². The maximum Gasteiger partial charge on any atom is 0.159 e. The van der Waals surface area contributed by atoms with Crippen LogP contribution in [0.1, 0.15) is 11.7 Å². The first-order valence-electron chi connectivity index (χ1n) is 6.65. The van der Waals surface area contributed by atoms with Gasteiger partial charge in [-0.1, -0.05) is 24.3 Å². The van der Waals surface area contributed by atoms with Crippen LogP contribution in [0.4, 0.5) is 14.5 Å². The average molecular weight is 293 g/mol. The number of rotatable bonds is 6. The molecule has 0 aliphatic rings. The van der Waals surface area contributed by atoms with Crippen molar-refractivity contribution in [2.24, 2.45) is 0 Å². The van der Waals surface area contributed by atoms with Gasteiger partial charge in [0.15, 0.2) is 11.6 Å². The topological polar surface area (TPSA) is 43.7 Å². The predicted octanol–water partition coefficient (Wildman–Crippen LogP) is 2.50. The minimum atomic E-state index is -0.986. The molecule has 2 rings (SSSR count). The molecule has 1 atom stereocenters. The van der Waals surface area contributed by atoms with E-state index in [9.17, 15) is 13.9 Å². The van der Waals surface area contributed by atoms with Crippen molar-refractivity contribution in [1.82, 2.24) is 0 Å². The Morgan fingerprint density at radius 2 is 1.71 bits per heavy atom. The average Bonchev–Trinajstić information content (AvgIpc) is 2.50. The third-order valence-electron chi connectivity index (χ3n) is 3.21. The Kier molecular flexibility index (Phi) is 5.25. The summed E-state index contributed by atoms with van der Waals surface area (Å²) in [7, 11) is 0. The van der Waals surface area contributed by atoms with E-state index >= 15 is 0 Å². The molecular formula is C16H17F2NO2. The van der Waals surface area contributed by atoms with Gasteiger partial charge in [-0.05, 0) is 29.8 Å². The van der Waals surface area contributed by atoms with Gasteiger partial charge in [0.2, 0.25) is 0 Å². The highest BCUT2D eigenvalue weighted by atomic mass is 19.2. The molecule has 2 aromatic carbocycles. The van der Waals surface area contributed by atoms with Crippen LogP contribution in [0.25, 0.3) is 0 Å². The van der Waals surface area contributed by atoms with Crippen LogP contribution in [-0.4, -0.2) is 29.9 Å². The molecule has 21 heavy (non-hydrogen) atoms. The second kappa shape index (κ2) is 7.15. The van der Waals surface area contributed by atoms with Gasteiger partial charge in [0.25, 0.3) is 0 Å². The van der Waals surface area contributed by atoms with Gasteiger partial charge in [0, 0.05) is 18.8 Å². The molecule has 0 fully saturated rings. The number of halogens is 2. The predicted molar refractivity (Wildman–Crippen MR) is 77.1 cm³/mol. The maximum absolute atomic E-state index is 13.2. The SMILES string of the molecule is OCCN(CC(O)c1ccc(F)c(F)c1)c1ccccc1. The molecule has 0 radical (unpaired) electrons. The summed E-state index contributed by atoms with van der Waals surface area (Å²) in [6.07, 6.45) is -0.980. The molecule has 1 unspecified atom stereocenters. The first kappa shape index (κ1) is 15.4. The minimum absolute atomic E-state index is 0.0700. The quantitative estimate of drug-likeness (QED) is 0.860. The summed E-state index contributed by atoms with van der Waals surface area (Å²) >= 11 is 0. The standard InChI is InChI=1S/C16H17F2NO2/c17-14-7-6-12(10-15(14)18)16(21)11-19(8-9-20)13-4-2-1-3-5-13/h1-7,10,16,20-21H,8-9,11H2. The zero-order chi connectivity index (χ0) is 15.2. The van der Waals surface area contributed by atoms with Crippen LogP contribution in [0.2, 0.25) is 0 Å². The molecule has 3 nitrogen and oxygen atoms in total. The molecule has 0 spiro atoms. The van der Waals surface area contributed by atoms with E-state index in [1.165, 1.54) is 6.07 Å². The molecule has 2 N–H and O–H groups in total. The van der Waals surface area contributed by atoms with E-state index in [0.717, 1.165) is 17.8 Å². The molecule has 0 heterocycles. The van der Waals surface area contributed by atoms with Gasteiger partial charge in [-0.3, -0.25) is 0 Å². The lowest BCUT2D eigenvalue weighted by Crippen LogP contribution is -2.31. The molecule has 0 saturated heterocycles. The molecule has 2 aromatic rings. The van der Waals surface area contributed by atoms with Crippen molar-refractivity contribution in [3.8, 4) is 0 Å². The minimum Gasteiger partial charge on any atom is -0.395 e. The summed E-state index contributed by atoms with van der Waals surface area (Å²) in [5.41, 5.74) is 1.14. The lowest BCUT2D eigenvalue weighted by atomic mass is 10.1. The summed E-state index contributed by atoms with van der Waals surface area (Å²) in [5, 5.41) is 19.3. The molecule has 0 saturated carbocycles. The van der Waals surface area contributed by atoms with Gasteiger partial charge >= 0.3 is 0 Å². The fourth-order valence-corrected chi connectivity index (χ4v) is 2.12. The summed E-state index contributed by atoms with van der Waals surface area (Å²) in [4.78, 5) is 1.78. The Hall–Kier alpha value is -1.98. The third kappa shape index (κ3) is 4.00. The monoisotopic (exact) mass is 293 g/mol. The molecule has 112 valence electrons. The van der Waals surface area contributed by atoms with Crippen LogP contribution in [0.3, 0.4) is 0 Å². The van der Waals surface area contributed by atoms with Crippen LogP contribution in [0, 0.1) is 11.6 Å². The van der Waals surface area contributed by atoms with E-state index < -0.39 is 17.7 Å². The van der Waals surface area contributed by atoms with Gasteiger partial charge in [0.05, 0.1) is 12.7 Å². The largest absolute Gasteiger partial charge is 0.395 e. The van der Waals surface area contributed by atoms with Crippen molar-refractivity contribution in [2.45, 2.75) is 6.10 Å². The Bertz CT molecular complexity index is 578. The number of aliphatic hydroxyl groups is 2. The van der Waals surface area contributed by atoms with Gasteiger partial charge in [0.1, 0.15) is 0 Å². The highest BCUT2D eigenvalue weighted by Gasteiger charge is 2.15. The van der Waals surface area contributed by atoms with Crippen molar-refractivity contribution < 1.29 is 19.0 Å². The lowest BCUT2D eigenvalue weighted by Gasteiger charge is -2.26. The summed E-state index contributed by atoms with van der Waals surface area (Å²) in [6.45, 7) is 0.444. The summed E-state index contributed by atoms with van der Waals surface area (Å²) < 4.78 is 26.1. The van der Waals surface area contributed by atoms with E-state index in [-0.39, 0.29) is 13.2 Å². The molecule has 0 aromatic heterocycles. The van der Waals surface area contributed by atoms with E-state index in [1.54, 1.807) is 4.90 Å². The van der Waals surface area contributed by atoms with Gasteiger partial charge in [-0.15, -0.1) is 0 Å². The van der Waals surface area contributed by atoms with Crippen LogP contribution in [-0.2, 0) is 0 Å². The van der Waals surface area contributed by atoms with E-state index in [1.807, 2.05) is 30.3 Å². The summed E-state index contributed by atoms with van der Waals surface area (Å²) in [6, 6.07) is 12.6. The number of benzene rings is 2. The van der Waals surface area contributed by atoms with Gasteiger partial charge in [-0.2, -0.15) is 0 Å². The number of aliphatic hydroxyl groups excluding tert-OH is 2. The Balaban J connectivity index is 2.14. The van der Waals surface area contributed by atoms with E-state index in [4.69, 9.17) is 5.11 Å². The fourth-order valence-electron chi connectivity index (χ4n) is 2.12. The van der Waals surface area contributed by atoms with Gasteiger partial charge in [-0.25, -0.2) is 8.78 Å². The lowest BCUT2D eigenvalue weighted by molar-refractivity contribution is 0.180. The van der Waals surface area contributed by atoms with Crippen molar-refractivity contribution in [1.29, 1.82) is 0 Å². The highest BCUT2D eigenvalue weighted by Crippen LogP contribution is 2.21. The second-order valence-electron chi connectivity index (χ2n) is 4.69. The Morgan fingerprint density at radius 1 is 1.00 bits per heavy atom. The third-order valence-corrected chi connectivity index (χ3v) is 3.21. The van der Waals surface area contributed by atoms with Crippen LogP contribution in [0.15, 0.2) is 48.5 Å². The Labute approximate surface area is 122 Å². The van der Waals surface area contributed by atoms with Crippen LogP contribution < -0.4 is 4.90 Å². The first-order valence-corrected chi connectivity index (χ1v) is 6.65. The Morgan fingerprint density at radius 3 is 2.33 bits per heavy atom. The molecule has 5 heteroatoms. The van der Waals surface area contributed by atoms with E-state index in [2.05, 4.69) is 0 Å². The van der Waals surface area contributed by atoms with Crippen LogP contribution in [0.5, 0.6) is 0 Å². The van der Waals surface area contributed by atoms with E-state index in [0.29, 0.717) is 12.1 Å². The molecule has 0 bridgehead atoms. The highest BCUT2D eigenvalue weighted by molar-refractivity contribution is 5.46. The molecule has 0 amide bonds. The van der Waals surface area contributed by atoms with Crippen molar-refractivity contribution >= 4 is 5.69 Å². The fraction of sp³-hybridized carbons (Fsp3) is 0.250. The molecule has 0 aliphatic heterocycles. The zero-order valence-electron chi connectivity index (χ0n) is 11.4. The van der Waals surface area contributed by atoms with Crippen molar-refractivity contribution in [3.63, 3.8) is 0 Å². The normalized spacial score (nSPS) is 12.2. The smallest absolute Gasteiger partial charge is 0.159 e. The summed E-state index contributed by atoms with van der Waals surface area (Å²) in [5.74, 6) is -1.93. The number of anilines is 1. The number of hydrogen-bond donors (Lipinski definition) is 2. The maximum atomic E-state index is 13.2.